The molecule has 0 atom stereocenters. The number of fused-ring (bicyclic) bond motifs is 4. The zero-order chi connectivity index (χ0) is 14.6. The molecule has 0 bridgehead atoms. The van der Waals surface area contributed by atoms with Gasteiger partial charge in [-0.3, -0.25) is 9.78 Å². The molecule has 1 aromatic carbocycles. The Kier molecular flexibility index (Phi) is 2.28. The standard InChI is InChI=1S/C15H13N3O3/c1-21-14(20)18-7-15(8-18)12-9-4-2-3-5-10(9)16-6-11(12)17-13(15)19/h2-6H,7-8H2,1H3,(H,17,19). The first kappa shape index (κ1) is 12.1. The number of pyridine rings is 1. The zero-order valence-corrected chi connectivity index (χ0v) is 11.4. The Bertz CT molecular complexity index is 781. The maximum absolute atomic E-state index is 12.4. The van der Waals surface area contributed by atoms with Gasteiger partial charge in [0.1, 0.15) is 5.41 Å². The summed E-state index contributed by atoms with van der Waals surface area (Å²) in [5, 5.41) is 3.84. The Morgan fingerprint density at radius 2 is 2.14 bits per heavy atom. The maximum Gasteiger partial charge on any atom is 0.409 e. The van der Waals surface area contributed by atoms with Gasteiger partial charge in [-0.05, 0) is 6.07 Å². The van der Waals surface area contributed by atoms with Crippen LogP contribution in [0.15, 0.2) is 30.5 Å². The monoisotopic (exact) mass is 283 g/mol. The van der Waals surface area contributed by atoms with Gasteiger partial charge in [-0.25, -0.2) is 4.79 Å². The highest BCUT2D eigenvalue weighted by atomic mass is 16.5. The minimum absolute atomic E-state index is 0.0733. The van der Waals surface area contributed by atoms with Crippen molar-refractivity contribution < 1.29 is 14.3 Å². The fourth-order valence-corrected chi connectivity index (χ4v) is 3.27. The number of nitrogens with one attached hydrogen (secondary N) is 1. The van der Waals surface area contributed by atoms with Gasteiger partial charge in [0.05, 0.1) is 24.5 Å². The number of hydrogen-bond donors (Lipinski definition) is 1. The van der Waals surface area contributed by atoms with E-state index in [1.54, 1.807) is 6.20 Å². The zero-order valence-electron chi connectivity index (χ0n) is 11.4. The summed E-state index contributed by atoms with van der Waals surface area (Å²) in [5.74, 6) is -0.0733. The van der Waals surface area contributed by atoms with Crippen LogP contribution in [0.25, 0.3) is 10.9 Å². The van der Waals surface area contributed by atoms with Crippen LogP contribution in [0.4, 0.5) is 10.5 Å². The first-order chi connectivity index (χ1) is 10.2. The van der Waals surface area contributed by atoms with Gasteiger partial charge >= 0.3 is 6.09 Å². The molecule has 2 aliphatic rings. The maximum atomic E-state index is 12.4. The van der Waals surface area contributed by atoms with Crippen molar-refractivity contribution in [3.05, 3.63) is 36.0 Å². The first-order valence-corrected chi connectivity index (χ1v) is 6.68. The third kappa shape index (κ3) is 1.44. The molecule has 1 aromatic heterocycles. The van der Waals surface area contributed by atoms with Crippen molar-refractivity contribution in [3.8, 4) is 0 Å². The number of ether oxygens (including phenoxy) is 1. The molecular formula is C15H13N3O3. The van der Waals surface area contributed by atoms with Crippen LogP contribution in [0.3, 0.4) is 0 Å². The predicted octanol–water partition coefficient (Wildman–Crippen LogP) is 1.51. The van der Waals surface area contributed by atoms with E-state index < -0.39 is 11.5 Å². The van der Waals surface area contributed by atoms with Crippen molar-refractivity contribution in [2.45, 2.75) is 5.41 Å². The topological polar surface area (TPSA) is 71.5 Å². The molecule has 0 unspecified atom stereocenters. The van der Waals surface area contributed by atoms with E-state index in [0.29, 0.717) is 13.1 Å². The van der Waals surface area contributed by atoms with Gasteiger partial charge in [0.15, 0.2) is 0 Å². The number of carbonyl (C=O) groups is 2. The van der Waals surface area contributed by atoms with E-state index in [0.717, 1.165) is 22.2 Å². The summed E-state index contributed by atoms with van der Waals surface area (Å²) in [6.45, 7) is 0.680. The minimum Gasteiger partial charge on any atom is -0.453 e. The van der Waals surface area contributed by atoms with E-state index in [1.807, 2.05) is 24.3 Å². The molecule has 4 rings (SSSR count). The van der Waals surface area contributed by atoms with Gasteiger partial charge < -0.3 is 15.0 Å². The van der Waals surface area contributed by atoms with Crippen LogP contribution in [0.5, 0.6) is 0 Å². The second kappa shape index (κ2) is 3.94. The summed E-state index contributed by atoms with van der Waals surface area (Å²) < 4.78 is 4.71. The number of hydrogen-bond acceptors (Lipinski definition) is 4. The molecule has 3 heterocycles. The Balaban J connectivity index is 1.85. The largest absolute Gasteiger partial charge is 0.453 e. The smallest absolute Gasteiger partial charge is 0.409 e. The molecule has 0 radical (unpaired) electrons. The number of rotatable bonds is 0. The van der Waals surface area contributed by atoms with Gasteiger partial charge in [-0.1, -0.05) is 18.2 Å². The molecule has 2 aromatic rings. The number of amides is 2. The summed E-state index contributed by atoms with van der Waals surface area (Å²) >= 11 is 0. The third-order valence-corrected chi connectivity index (χ3v) is 4.29. The van der Waals surface area contributed by atoms with E-state index in [2.05, 4.69) is 10.3 Å². The molecule has 1 N–H and O–H groups in total. The quantitative estimate of drug-likeness (QED) is 0.795. The highest BCUT2D eigenvalue weighted by molar-refractivity contribution is 6.12. The van der Waals surface area contributed by atoms with Crippen molar-refractivity contribution in [1.29, 1.82) is 0 Å². The number of aromatic nitrogens is 1. The summed E-state index contributed by atoms with van der Waals surface area (Å²) in [6.07, 6.45) is 1.28. The van der Waals surface area contributed by atoms with Crippen molar-refractivity contribution in [3.63, 3.8) is 0 Å². The lowest BCUT2D eigenvalue weighted by Crippen LogP contribution is -2.64. The summed E-state index contributed by atoms with van der Waals surface area (Å²) in [6, 6.07) is 7.73. The number of likely N-dealkylation sites (tertiary alicyclic amines) is 1. The second-order valence-corrected chi connectivity index (χ2v) is 5.43. The average molecular weight is 283 g/mol. The molecule has 6 heteroatoms. The fourth-order valence-electron chi connectivity index (χ4n) is 3.27. The third-order valence-electron chi connectivity index (χ3n) is 4.29. The molecule has 0 saturated carbocycles. The normalized spacial score (nSPS) is 18.3. The molecule has 2 aliphatic heterocycles. The lowest BCUT2D eigenvalue weighted by molar-refractivity contribution is -0.125. The van der Waals surface area contributed by atoms with Crippen LogP contribution in [0.1, 0.15) is 5.56 Å². The van der Waals surface area contributed by atoms with E-state index in [-0.39, 0.29) is 5.91 Å². The molecule has 0 aliphatic carbocycles. The second-order valence-electron chi connectivity index (χ2n) is 5.43. The number of carbonyl (C=O) groups excluding carboxylic acids is 2. The highest BCUT2D eigenvalue weighted by Crippen LogP contribution is 2.47. The van der Waals surface area contributed by atoms with E-state index in [1.165, 1.54) is 12.0 Å². The van der Waals surface area contributed by atoms with Crippen LogP contribution in [-0.2, 0) is 14.9 Å². The molecule has 1 spiro atoms. The fraction of sp³-hybridized carbons (Fsp3) is 0.267. The Morgan fingerprint density at radius 3 is 2.90 bits per heavy atom. The summed E-state index contributed by atoms with van der Waals surface area (Å²) in [7, 11) is 1.34. The van der Waals surface area contributed by atoms with Crippen molar-refractivity contribution in [1.82, 2.24) is 9.88 Å². The molecule has 106 valence electrons. The SMILES string of the molecule is COC(=O)N1CC2(C1)C(=O)Nc1cnc3ccccc3c12. The Morgan fingerprint density at radius 1 is 1.38 bits per heavy atom. The average Bonchev–Trinajstić information content (AvgIpc) is 2.77. The predicted molar refractivity (Wildman–Crippen MR) is 76.0 cm³/mol. The van der Waals surface area contributed by atoms with E-state index >= 15 is 0 Å². The number of anilines is 1. The van der Waals surface area contributed by atoms with Crippen LogP contribution < -0.4 is 5.32 Å². The molecule has 2 amide bonds. The Labute approximate surface area is 120 Å². The number of nitrogens with zero attached hydrogens (tertiary/aromatic N) is 2. The minimum atomic E-state index is -0.675. The van der Waals surface area contributed by atoms with E-state index in [9.17, 15) is 9.59 Å². The summed E-state index contributed by atoms with van der Waals surface area (Å²) in [5.41, 5.74) is 1.86. The lowest BCUT2D eigenvalue weighted by Gasteiger charge is -2.45. The Hall–Kier alpha value is -2.63. The van der Waals surface area contributed by atoms with Gasteiger partial charge in [0.2, 0.25) is 5.91 Å². The highest BCUT2D eigenvalue weighted by Gasteiger charge is 2.57. The van der Waals surface area contributed by atoms with Gasteiger partial charge in [0, 0.05) is 24.0 Å². The molecule has 6 nitrogen and oxygen atoms in total. The molecular weight excluding hydrogens is 270 g/mol. The van der Waals surface area contributed by atoms with Crippen molar-refractivity contribution in [2.24, 2.45) is 0 Å². The molecule has 21 heavy (non-hydrogen) atoms. The lowest BCUT2D eigenvalue weighted by atomic mass is 9.73. The first-order valence-electron chi connectivity index (χ1n) is 6.68. The van der Waals surface area contributed by atoms with Crippen LogP contribution >= 0.6 is 0 Å². The summed E-state index contributed by atoms with van der Waals surface area (Å²) in [4.78, 5) is 29.9. The molecule has 1 saturated heterocycles. The van der Waals surface area contributed by atoms with Crippen LogP contribution in [0.2, 0.25) is 0 Å². The van der Waals surface area contributed by atoms with Crippen molar-refractivity contribution in [2.75, 3.05) is 25.5 Å². The van der Waals surface area contributed by atoms with Gasteiger partial charge in [-0.2, -0.15) is 0 Å². The molecule has 1 fully saturated rings. The number of methoxy groups -OCH3 is 1. The van der Waals surface area contributed by atoms with Crippen molar-refractivity contribution >= 4 is 28.6 Å². The van der Waals surface area contributed by atoms with Crippen LogP contribution in [0, 0.1) is 0 Å². The van der Waals surface area contributed by atoms with E-state index in [4.69, 9.17) is 4.74 Å². The van der Waals surface area contributed by atoms with Crippen LogP contribution in [-0.4, -0.2) is 42.1 Å². The number of benzene rings is 1. The number of para-hydroxylation sites is 1. The van der Waals surface area contributed by atoms with Gasteiger partial charge in [0.25, 0.3) is 0 Å². The van der Waals surface area contributed by atoms with Gasteiger partial charge in [-0.15, -0.1) is 0 Å².